The van der Waals surface area contributed by atoms with Gasteiger partial charge in [0.05, 0.1) is 26.8 Å². The van der Waals surface area contributed by atoms with Crippen molar-refractivity contribution in [2.45, 2.75) is 26.4 Å². The highest BCUT2D eigenvalue weighted by Crippen LogP contribution is 2.37. The van der Waals surface area contributed by atoms with Gasteiger partial charge in [-0.05, 0) is 49.2 Å². The van der Waals surface area contributed by atoms with E-state index in [9.17, 15) is 5.11 Å². The predicted molar refractivity (Wildman–Crippen MR) is 124 cm³/mol. The number of halogens is 2. The quantitative estimate of drug-likeness (QED) is 0.285. The zero-order valence-electron chi connectivity index (χ0n) is 16.5. The molecule has 0 bridgehead atoms. The van der Waals surface area contributed by atoms with Crippen molar-refractivity contribution in [3.05, 3.63) is 52.5 Å². The fourth-order valence-corrected chi connectivity index (χ4v) is 2.79. The fraction of sp³-hybridized carbons (Fsp3) is 0.350. The summed E-state index contributed by atoms with van der Waals surface area (Å²) in [6.07, 6.45) is 0. The smallest absolute Gasteiger partial charge is 0.200 e. The Kier molecular flexibility index (Phi) is 10.2. The van der Waals surface area contributed by atoms with E-state index in [0.717, 1.165) is 17.7 Å². The normalized spacial score (nSPS) is 12.0. The summed E-state index contributed by atoms with van der Waals surface area (Å²) >= 11 is 6.08. The second-order valence-corrected chi connectivity index (χ2v) is 6.40. The molecule has 2 rings (SSSR count). The van der Waals surface area contributed by atoms with Gasteiger partial charge in [0.25, 0.3) is 0 Å². The van der Waals surface area contributed by atoms with Gasteiger partial charge in [0, 0.05) is 11.6 Å². The first-order valence-electron chi connectivity index (χ1n) is 8.72. The summed E-state index contributed by atoms with van der Waals surface area (Å²) in [6.45, 7) is 5.18. The Balaban J connectivity index is 0.00000392. The molecular weight excluding hydrogens is 493 g/mol. The Morgan fingerprint density at radius 3 is 2.36 bits per heavy atom. The highest BCUT2D eigenvalue weighted by Gasteiger charge is 2.12. The fourth-order valence-electron chi connectivity index (χ4n) is 2.59. The van der Waals surface area contributed by atoms with Crippen LogP contribution in [0.15, 0.2) is 41.4 Å². The second kappa shape index (κ2) is 11.9. The van der Waals surface area contributed by atoms with Crippen LogP contribution in [0.5, 0.6) is 17.2 Å². The average Bonchev–Trinajstić information content (AvgIpc) is 2.67. The molecule has 6 nitrogen and oxygen atoms in total. The van der Waals surface area contributed by atoms with Crippen molar-refractivity contribution >= 4 is 41.5 Å². The zero-order chi connectivity index (χ0) is 19.8. The first-order valence-corrected chi connectivity index (χ1v) is 9.10. The Morgan fingerprint density at radius 2 is 1.82 bits per heavy atom. The molecule has 154 valence electrons. The van der Waals surface area contributed by atoms with Gasteiger partial charge in [0.2, 0.25) is 5.75 Å². The van der Waals surface area contributed by atoms with Crippen molar-refractivity contribution in [1.29, 1.82) is 0 Å². The lowest BCUT2D eigenvalue weighted by Gasteiger charge is -2.18. The molecule has 28 heavy (non-hydrogen) atoms. The molecular formula is C20H27ClIN3O3. The lowest BCUT2D eigenvalue weighted by Crippen LogP contribution is -2.38. The van der Waals surface area contributed by atoms with Crippen LogP contribution < -0.4 is 20.1 Å². The predicted octanol–water partition coefficient (Wildman–Crippen LogP) is 4.50. The van der Waals surface area contributed by atoms with Crippen molar-refractivity contribution in [1.82, 2.24) is 10.6 Å². The van der Waals surface area contributed by atoms with E-state index in [2.05, 4.69) is 15.6 Å². The van der Waals surface area contributed by atoms with Gasteiger partial charge in [-0.2, -0.15) is 0 Å². The van der Waals surface area contributed by atoms with Crippen molar-refractivity contribution in [2.75, 3.05) is 20.8 Å². The van der Waals surface area contributed by atoms with E-state index in [-0.39, 0.29) is 35.8 Å². The van der Waals surface area contributed by atoms with Crippen molar-refractivity contribution in [3.63, 3.8) is 0 Å². The molecule has 2 aromatic rings. The van der Waals surface area contributed by atoms with Crippen LogP contribution in [0, 0.1) is 0 Å². The van der Waals surface area contributed by atoms with Gasteiger partial charge in [-0.15, -0.1) is 24.0 Å². The van der Waals surface area contributed by atoms with Gasteiger partial charge in [-0.1, -0.05) is 23.7 Å². The number of methoxy groups -OCH3 is 2. The Labute approximate surface area is 188 Å². The highest BCUT2D eigenvalue weighted by atomic mass is 127. The molecule has 0 heterocycles. The minimum absolute atomic E-state index is 0. The van der Waals surface area contributed by atoms with Gasteiger partial charge >= 0.3 is 0 Å². The van der Waals surface area contributed by atoms with Gasteiger partial charge in [-0.25, -0.2) is 4.99 Å². The minimum Gasteiger partial charge on any atom is -0.502 e. The molecule has 2 aromatic carbocycles. The molecule has 8 heteroatoms. The number of ether oxygens (including phenoxy) is 2. The third-order valence-corrected chi connectivity index (χ3v) is 4.24. The van der Waals surface area contributed by atoms with E-state index in [1.54, 1.807) is 12.1 Å². The number of nitrogens with zero attached hydrogens (tertiary/aromatic N) is 1. The van der Waals surface area contributed by atoms with Crippen LogP contribution in [0.2, 0.25) is 5.02 Å². The first-order chi connectivity index (χ1) is 13.0. The molecule has 0 amide bonds. The second-order valence-electron chi connectivity index (χ2n) is 5.97. The number of hydrogen-bond acceptors (Lipinski definition) is 4. The summed E-state index contributed by atoms with van der Waals surface area (Å²) in [5.74, 6) is 1.36. The topological polar surface area (TPSA) is 75.1 Å². The first kappa shape index (κ1) is 24.2. The number of rotatable bonds is 7. The van der Waals surface area contributed by atoms with E-state index in [4.69, 9.17) is 21.1 Å². The van der Waals surface area contributed by atoms with Crippen LogP contribution in [-0.4, -0.2) is 31.8 Å². The Hall–Kier alpha value is -1.87. The number of benzene rings is 2. The monoisotopic (exact) mass is 519 g/mol. The number of aromatic hydroxyl groups is 1. The summed E-state index contributed by atoms with van der Waals surface area (Å²) in [4.78, 5) is 4.62. The number of nitrogens with one attached hydrogen (secondary N) is 2. The number of aliphatic imine (C=N–C) groups is 1. The standard InChI is InChI=1S/C20H26ClN3O3.HI/c1-5-22-20(24-13(2)15-7-6-8-16(21)11-15)23-12-14-9-17(26-3)19(25)18(10-14)27-4;/h6-11,13,25H,5,12H2,1-4H3,(H2,22,23,24);1H. The summed E-state index contributed by atoms with van der Waals surface area (Å²) < 4.78 is 10.4. The van der Waals surface area contributed by atoms with Crippen molar-refractivity contribution < 1.29 is 14.6 Å². The molecule has 0 aliphatic rings. The Bertz CT molecular complexity index is 777. The minimum atomic E-state index is -0.0210. The molecule has 0 saturated heterocycles. The van der Waals surface area contributed by atoms with Gasteiger partial charge in [0.1, 0.15) is 0 Å². The molecule has 0 aromatic heterocycles. The van der Waals surface area contributed by atoms with Crippen LogP contribution in [0.25, 0.3) is 0 Å². The van der Waals surface area contributed by atoms with Crippen LogP contribution in [0.4, 0.5) is 0 Å². The van der Waals surface area contributed by atoms with E-state index < -0.39 is 0 Å². The van der Waals surface area contributed by atoms with Crippen molar-refractivity contribution in [2.24, 2.45) is 4.99 Å². The van der Waals surface area contributed by atoms with Gasteiger partial charge in [0.15, 0.2) is 17.5 Å². The van der Waals surface area contributed by atoms with E-state index in [1.807, 2.05) is 38.1 Å². The van der Waals surface area contributed by atoms with Crippen LogP contribution in [0.1, 0.15) is 31.0 Å². The molecule has 0 spiro atoms. The van der Waals surface area contributed by atoms with Crippen molar-refractivity contribution in [3.8, 4) is 17.2 Å². The van der Waals surface area contributed by atoms with E-state index >= 15 is 0 Å². The molecule has 0 radical (unpaired) electrons. The van der Waals surface area contributed by atoms with Crippen LogP contribution in [0.3, 0.4) is 0 Å². The lowest BCUT2D eigenvalue weighted by atomic mass is 10.1. The van der Waals surface area contributed by atoms with Crippen LogP contribution >= 0.6 is 35.6 Å². The molecule has 1 unspecified atom stereocenters. The number of hydrogen-bond donors (Lipinski definition) is 3. The molecule has 0 fully saturated rings. The average molecular weight is 520 g/mol. The SMILES string of the molecule is CCNC(=NCc1cc(OC)c(O)c(OC)c1)NC(C)c1cccc(Cl)c1.I. The number of phenolic OH excluding ortho intramolecular Hbond substituents is 1. The molecule has 0 aliphatic carbocycles. The molecule has 1 atom stereocenters. The maximum Gasteiger partial charge on any atom is 0.200 e. The lowest BCUT2D eigenvalue weighted by molar-refractivity contribution is 0.339. The third kappa shape index (κ3) is 6.63. The third-order valence-electron chi connectivity index (χ3n) is 4.01. The van der Waals surface area contributed by atoms with E-state index in [0.29, 0.717) is 29.0 Å². The maximum absolute atomic E-state index is 10.0. The summed E-state index contributed by atoms with van der Waals surface area (Å²) in [6, 6.07) is 11.2. The highest BCUT2D eigenvalue weighted by molar-refractivity contribution is 14.0. The summed E-state index contributed by atoms with van der Waals surface area (Å²) in [5, 5.41) is 17.3. The van der Waals surface area contributed by atoms with Crippen LogP contribution in [-0.2, 0) is 6.54 Å². The number of phenols is 1. The molecule has 0 saturated carbocycles. The summed E-state index contributed by atoms with van der Waals surface area (Å²) in [5.41, 5.74) is 1.93. The largest absolute Gasteiger partial charge is 0.502 e. The summed E-state index contributed by atoms with van der Waals surface area (Å²) in [7, 11) is 3.00. The zero-order valence-corrected chi connectivity index (χ0v) is 19.5. The number of guanidine groups is 1. The van der Waals surface area contributed by atoms with Gasteiger partial charge < -0.3 is 25.2 Å². The molecule has 3 N–H and O–H groups in total. The molecule has 0 aliphatic heterocycles. The van der Waals surface area contributed by atoms with E-state index in [1.165, 1.54) is 14.2 Å². The maximum atomic E-state index is 10.0. The Morgan fingerprint density at radius 1 is 1.18 bits per heavy atom. The van der Waals surface area contributed by atoms with Gasteiger partial charge in [-0.3, -0.25) is 0 Å².